The van der Waals surface area contributed by atoms with E-state index in [4.69, 9.17) is 16.6 Å². The van der Waals surface area contributed by atoms with Crippen molar-refractivity contribution in [2.75, 3.05) is 26.2 Å². The van der Waals surface area contributed by atoms with Crippen molar-refractivity contribution < 1.29 is 0 Å². The first kappa shape index (κ1) is 16.0. The predicted octanol–water partition coefficient (Wildman–Crippen LogP) is 3.17. The van der Waals surface area contributed by atoms with Crippen molar-refractivity contribution >= 4 is 29.5 Å². The Bertz CT molecular complexity index is 634. The standard InChI is InChI=1S/C17H22ClN5/c1-3-5-16-14-12-13(18)6-7-15(14)21-17(23(16)20-4-2)22-10-8-19-9-11-22/h3-4,6-7,12,16,19H,1,5,8-11H2,2H3/b20-4-. The molecule has 1 saturated heterocycles. The Morgan fingerprint density at radius 1 is 1.43 bits per heavy atom. The van der Waals surface area contributed by atoms with Crippen LogP contribution < -0.4 is 5.32 Å². The molecular formula is C17H22ClN5. The van der Waals surface area contributed by atoms with Gasteiger partial charge in [-0.1, -0.05) is 17.7 Å². The fourth-order valence-electron chi connectivity index (χ4n) is 3.05. The summed E-state index contributed by atoms with van der Waals surface area (Å²) in [6.45, 7) is 9.61. The molecule has 0 aromatic heterocycles. The van der Waals surface area contributed by atoms with Crippen molar-refractivity contribution in [1.29, 1.82) is 0 Å². The summed E-state index contributed by atoms with van der Waals surface area (Å²) in [6.07, 6.45) is 4.52. The molecule has 0 radical (unpaired) electrons. The average Bonchev–Trinajstić information content (AvgIpc) is 2.58. The Kier molecular flexibility index (Phi) is 4.98. The molecule has 2 aliphatic heterocycles. The van der Waals surface area contributed by atoms with Crippen LogP contribution in [-0.4, -0.2) is 48.3 Å². The van der Waals surface area contributed by atoms with Crippen LogP contribution in [0.1, 0.15) is 24.9 Å². The second kappa shape index (κ2) is 7.15. The topological polar surface area (TPSA) is 43.2 Å². The van der Waals surface area contributed by atoms with E-state index in [1.165, 1.54) is 0 Å². The minimum Gasteiger partial charge on any atom is -0.338 e. The number of halogens is 1. The van der Waals surface area contributed by atoms with E-state index in [-0.39, 0.29) is 6.04 Å². The third kappa shape index (κ3) is 3.26. The fraction of sp³-hybridized carbons (Fsp3) is 0.412. The SMILES string of the molecule is C=CCC1c2cc(Cl)ccc2N=C(N2CCNCC2)N1/N=C\C. The Labute approximate surface area is 142 Å². The summed E-state index contributed by atoms with van der Waals surface area (Å²) < 4.78 is 0. The molecule has 0 saturated carbocycles. The van der Waals surface area contributed by atoms with Gasteiger partial charge >= 0.3 is 0 Å². The first-order valence-electron chi connectivity index (χ1n) is 7.97. The maximum absolute atomic E-state index is 6.20. The summed E-state index contributed by atoms with van der Waals surface area (Å²) in [4.78, 5) is 7.17. The molecule has 5 nitrogen and oxygen atoms in total. The Balaban J connectivity index is 2.07. The van der Waals surface area contributed by atoms with Crippen LogP contribution in [0, 0.1) is 0 Å². The van der Waals surface area contributed by atoms with Gasteiger partial charge < -0.3 is 10.2 Å². The number of rotatable bonds is 3. The van der Waals surface area contributed by atoms with E-state index in [1.807, 2.05) is 42.4 Å². The molecule has 2 aliphatic rings. The zero-order chi connectivity index (χ0) is 16.2. The van der Waals surface area contributed by atoms with Gasteiger partial charge in [0.25, 0.3) is 0 Å². The van der Waals surface area contributed by atoms with Gasteiger partial charge in [-0.15, -0.1) is 6.58 Å². The van der Waals surface area contributed by atoms with E-state index < -0.39 is 0 Å². The van der Waals surface area contributed by atoms with Crippen LogP contribution >= 0.6 is 11.6 Å². The number of hydrazone groups is 1. The minimum absolute atomic E-state index is 0.0692. The zero-order valence-electron chi connectivity index (χ0n) is 13.4. The third-order valence-corrected chi connectivity index (χ3v) is 4.33. The maximum Gasteiger partial charge on any atom is 0.223 e. The minimum atomic E-state index is 0.0692. The van der Waals surface area contributed by atoms with Gasteiger partial charge in [-0.2, -0.15) is 5.10 Å². The highest BCUT2D eigenvalue weighted by Gasteiger charge is 2.32. The summed E-state index contributed by atoms with van der Waals surface area (Å²) in [7, 11) is 0. The predicted molar refractivity (Wildman–Crippen MR) is 96.5 cm³/mol. The maximum atomic E-state index is 6.20. The molecule has 1 aromatic carbocycles. The molecule has 122 valence electrons. The number of hydrogen-bond acceptors (Lipinski definition) is 5. The van der Waals surface area contributed by atoms with Crippen LogP contribution in [0.2, 0.25) is 5.02 Å². The molecule has 3 rings (SSSR count). The molecule has 6 heteroatoms. The number of nitrogens with zero attached hydrogens (tertiary/aromatic N) is 4. The van der Waals surface area contributed by atoms with E-state index in [0.29, 0.717) is 0 Å². The van der Waals surface area contributed by atoms with Crippen molar-refractivity contribution in [3.05, 3.63) is 41.4 Å². The molecule has 1 unspecified atom stereocenters. The molecule has 0 spiro atoms. The molecule has 0 bridgehead atoms. The van der Waals surface area contributed by atoms with Crippen LogP contribution in [0.25, 0.3) is 0 Å². The Morgan fingerprint density at radius 3 is 2.91 bits per heavy atom. The lowest BCUT2D eigenvalue weighted by molar-refractivity contribution is 0.249. The van der Waals surface area contributed by atoms with Gasteiger partial charge in [-0.3, -0.25) is 0 Å². The third-order valence-electron chi connectivity index (χ3n) is 4.10. The normalized spacial score (nSPS) is 21.3. The zero-order valence-corrected chi connectivity index (χ0v) is 14.1. The molecule has 1 fully saturated rings. The van der Waals surface area contributed by atoms with E-state index in [0.717, 1.165) is 54.8 Å². The Hall–Kier alpha value is -1.85. The lowest BCUT2D eigenvalue weighted by Gasteiger charge is -2.40. The van der Waals surface area contributed by atoms with E-state index >= 15 is 0 Å². The van der Waals surface area contributed by atoms with Gasteiger partial charge in [0.05, 0.1) is 11.7 Å². The summed E-state index contributed by atoms with van der Waals surface area (Å²) in [5.41, 5.74) is 2.07. The van der Waals surface area contributed by atoms with Crippen LogP contribution in [0.15, 0.2) is 40.9 Å². The largest absolute Gasteiger partial charge is 0.338 e. The van der Waals surface area contributed by atoms with Crippen molar-refractivity contribution in [3.63, 3.8) is 0 Å². The number of piperazine rings is 1. The van der Waals surface area contributed by atoms with Crippen LogP contribution in [0.4, 0.5) is 5.69 Å². The van der Waals surface area contributed by atoms with E-state index in [2.05, 4.69) is 21.9 Å². The first-order valence-corrected chi connectivity index (χ1v) is 8.35. The van der Waals surface area contributed by atoms with Gasteiger partial charge in [0.1, 0.15) is 0 Å². The highest BCUT2D eigenvalue weighted by atomic mass is 35.5. The number of hydrogen-bond donors (Lipinski definition) is 1. The second-order valence-corrected chi connectivity index (χ2v) is 6.05. The lowest BCUT2D eigenvalue weighted by atomic mass is 9.99. The summed E-state index contributed by atoms with van der Waals surface area (Å²) in [5, 5.41) is 10.7. The highest BCUT2D eigenvalue weighted by molar-refractivity contribution is 6.30. The van der Waals surface area contributed by atoms with Crippen molar-refractivity contribution in [3.8, 4) is 0 Å². The smallest absolute Gasteiger partial charge is 0.223 e. The number of nitrogens with one attached hydrogen (secondary N) is 1. The van der Waals surface area contributed by atoms with Crippen LogP contribution in [0.3, 0.4) is 0 Å². The summed E-state index contributed by atoms with van der Waals surface area (Å²) >= 11 is 6.20. The average molecular weight is 332 g/mol. The number of guanidine groups is 1. The van der Waals surface area contributed by atoms with Crippen LogP contribution in [-0.2, 0) is 0 Å². The number of benzene rings is 1. The molecule has 0 aliphatic carbocycles. The molecular weight excluding hydrogens is 310 g/mol. The van der Waals surface area contributed by atoms with E-state index in [1.54, 1.807) is 0 Å². The molecule has 23 heavy (non-hydrogen) atoms. The summed E-state index contributed by atoms with van der Waals surface area (Å²) in [5.74, 6) is 0.909. The second-order valence-electron chi connectivity index (χ2n) is 5.61. The highest BCUT2D eigenvalue weighted by Crippen LogP contribution is 2.39. The molecule has 1 aromatic rings. The quantitative estimate of drug-likeness (QED) is 0.683. The molecule has 1 N–H and O–H groups in total. The van der Waals surface area contributed by atoms with Crippen molar-refractivity contribution in [2.24, 2.45) is 10.1 Å². The monoisotopic (exact) mass is 331 g/mol. The molecule has 0 amide bonds. The van der Waals surface area contributed by atoms with Gasteiger partial charge in [-0.05, 0) is 31.5 Å². The first-order chi connectivity index (χ1) is 11.2. The lowest BCUT2D eigenvalue weighted by Crippen LogP contribution is -2.52. The van der Waals surface area contributed by atoms with Crippen molar-refractivity contribution in [2.45, 2.75) is 19.4 Å². The van der Waals surface area contributed by atoms with Crippen LogP contribution in [0.5, 0.6) is 0 Å². The number of fused-ring (bicyclic) bond motifs is 1. The van der Waals surface area contributed by atoms with Crippen molar-refractivity contribution in [1.82, 2.24) is 15.2 Å². The Morgan fingerprint density at radius 2 is 2.22 bits per heavy atom. The fourth-order valence-corrected chi connectivity index (χ4v) is 3.23. The number of aliphatic imine (C=N–C) groups is 1. The van der Waals surface area contributed by atoms with Gasteiger partial charge in [0.2, 0.25) is 5.96 Å². The molecule has 1 atom stereocenters. The van der Waals surface area contributed by atoms with Gasteiger partial charge in [0.15, 0.2) is 0 Å². The van der Waals surface area contributed by atoms with Gasteiger partial charge in [0, 0.05) is 43.0 Å². The molecule has 2 heterocycles. The van der Waals surface area contributed by atoms with Gasteiger partial charge in [-0.25, -0.2) is 10.0 Å². The summed E-state index contributed by atoms with van der Waals surface area (Å²) in [6, 6.07) is 5.94. The van der Waals surface area contributed by atoms with E-state index in [9.17, 15) is 0 Å².